The first-order chi connectivity index (χ1) is 5.49. The van der Waals surface area contributed by atoms with Gasteiger partial charge in [-0.3, -0.25) is 9.59 Å². The van der Waals surface area contributed by atoms with Crippen molar-refractivity contribution >= 4 is 11.9 Å². The van der Waals surface area contributed by atoms with E-state index >= 15 is 0 Å². The SMILES string of the molecule is COC(=O)[C@H](C)C[C@H](C)C(=O)O. The standard InChI is InChI=1S/C8H14O4/c1-5(7(9)10)4-6(2)8(11)12-3/h5-6H,4H2,1-3H3,(H,9,10)/t5-,6+/m0/s1. The molecule has 0 saturated heterocycles. The van der Waals surface area contributed by atoms with Gasteiger partial charge in [0.05, 0.1) is 18.9 Å². The highest BCUT2D eigenvalue weighted by molar-refractivity contribution is 5.74. The number of aliphatic carboxylic acids is 1. The largest absolute Gasteiger partial charge is 0.481 e. The maximum atomic E-state index is 10.9. The summed E-state index contributed by atoms with van der Waals surface area (Å²) in [5, 5.41) is 8.53. The quantitative estimate of drug-likeness (QED) is 0.643. The predicted molar refractivity (Wildman–Crippen MR) is 42.6 cm³/mol. The summed E-state index contributed by atoms with van der Waals surface area (Å²) in [5.74, 6) is -2.09. The summed E-state index contributed by atoms with van der Waals surface area (Å²) < 4.78 is 4.46. The highest BCUT2D eigenvalue weighted by Crippen LogP contribution is 2.12. The molecule has 4 heteroatoms. The van der Waals surface area contributed by atoms with Crippen LogP contribution in [0, 0.1) is 11.8 Å². The molecule has 0 rings (SSSR count). The highest BCUT2D eigenvalue weighted by Gasteiger charge is 2.20. The van der Waals surface area contributed by atoms with Crippen molar-refractivity contribution in [2.45, 2.75) is 20.3 Å². The first kappa shape index (κ1) is 10.9. The monoisotopic (exact) mass is 174 g/mol. The van der Waals surface area contributed by atoms with Gasteiger partial charge in [0.15, 0.2) is 0 Å². The van der Waals surface area contributed by atoms with Crippen LogP contribution in [0.25, 0.3) is 0 Å². The van der Waals surface area contributed by atoms with E-state index in [1.165, 1.54) is 7.11 Å². The number of carbonyl (C=O) groups excluding carboxylic acids is 1. The van der Waals surface area contributed by atoms with Gasteiger partial charge in [-0.05, 0) is 6.42 Å². The molecule has 0 heterocycles. The highest BCUT2D eigenvalue weighted by atomic mass is 16.5. The Hall–Kier alpha value is -1.06. The summed E-state index contributed by atoms with van der Waals surface area (Å²) in [6.07, 6.45) is 0.321. The number of hydrogen-bond acceptors (Lipinski definition) is 3. The Bertz CT molecular complexity index is 176. The molecule has 1 N–H and O–H groups in total. The van der Waals surface area contributed by atoms with Gasteiger partial charge in [-0.15, -0.1) is 0 Å². The van der Waals surface area contributed by atoms with Crippen LogP contribution in [-0.2, 0) is 14.3 Å². The Morgan fingerprint density at radius 2 is 1.83 bits per heavy atom. The Kier molecular flexibility index (Phi) is 4.33. The Morgan fingerprint density at radius 3 is 2.17 bits per heavy atom. The molecule has 0 radical (unpaired) electrons. The Labute approximate surface area is 71.5 Å². The Morgan fingerprint density at radius 1 is 1.33 bits per heavy atom. The van der Waals surface area contributed by atoms with Gasteiger partial charge in [0.25, 0.3) is 0 Å². The van der Waals surface area contributed by atoms with E-state index in [9.17, 15) is 9.59 Å². The van der Waals surface area contributed by atoms with Crippen LogP contribution in [0.2, 0.25) is 0 Å². The minimum Gasteiger partial charge on any atom is -0.481 e. The fraction of sp³-hybridized carbons (Fsp3) is 0.750. The zero-order valence-electron chi connectivity index (χ0n) is 7.53. The second-order valence-corrected chi connectivity index (χ2v) is 2.90. The number of methoxy groups -OCH3 is 1. The van der Waals surface area contributed by atoms with Gasteiger partial charge in [0.1, 0.15) is 0 Å². The van der Waals surface area contributed by atoms with E-state index in [-0.39, 0.29) is 11.9 Å². The van der Waals surface area contributed by atoms with E-state index in [0.29, 0.717) is 6.42 Å². The second kappa shape index (κ2) is 4.74. The number of ether oxygens (including phenoxy) is 1. The van der Waals surface area contributed by atoms with Crippen LogP contribution in [0.4, 0.5) is 0 Å². The van der Waals surface area contributed by atoms with Crippen LogP contribution >= 0.6 is 0 Å². The minimum atomic E-state index is -0.884. The van der Waals surface area contributed by atoms with Crippen LogP contribution in [0.1, 0.15) is 20.3 Å². The maximum absolute atomic E-state index is 10.9. The maximum Gasteiger partial charge on any atom is 0.308 e. The average Bonchev–Trinajstić information content (AvgIpc) is 2.02. The third kappa shape index (κ3) is 3.37. The fourth-order valence-corrected chi connectivity index (χ4v) is 0.929. The van der Waals surface area contributed by atoms with Gasteiger partial charge in [-0.2, -0.15) is 0 Å². The first-order valence-electron chi connectivity index (χ1n) is 3.79. The smallest absolute Gasteiger partial charge is 0.308 e. The van der Waals surface area contributed by atoms with Gasteiger partial charge >= 0.3 is 11.9 Å². The van der Waals surface area contributed by atoms with Crippen LogP contribution < -0.4 is 0 Å². The molecule has 0 bridgehead atoms. The van der Waals surface area contributed by atoms with Crippen LogP contribution in [0.15, 0.2) is 0 Å². The van der Waals surface area contributed by atoms with Crippen molar-refractivity contribution in [3.8, 4) is 0 Å². The molecule has 0 unspecified atom stereocenters. The van der Waals surface area contributed by atoms with Crippen molar-refractivity contribution in [2.75, 3.05) is 7.11 Å². The summed E-state index contributed by atoms with van der Waals surface area (Å²) in [6.45, 7) is 3.23. The molecule has 0 aliphatic heterocycles. The molecule has 0 aromatic heterocycles. The predicted octanol–water partition coefficient (Wildman–Crippen LogP) is 0.906. The molecule has 0 spiro atoms. The van der Waals surface area contributed by atoms with Crippen LogP contribution in [0.3, 0.4) is 0 Å². The lowest BCUT2D eigenvalue weighted by Crippen LogP contribution is -2.19. The van der Waals surface area contributed by atoms with Crippen LogP contribution in [0.5, 0.6) is 0 Å². The van der Waals surface area contributed by atoms with E-state index in [0.717, 1.165) is 0 Å². The number of carboxylic acid groups (broad SMARTS) is 1. The van der Waals surface area contributed by atoms with Crippen molar-refractivity contribution in [3.05, 3.63) is 0 Å². The molecule has 0 fully saturated rings. The van der Waals surface area contributed by atoms with Crippen molar-refractivity contribution in [1.82, 2.24) is 0 Å². The van der Waals surface area contributed by atoms with Crippen molar-refractivity contribution in [3.63, 3.8) is 0 Å². The number of carbonyl (C=O) groups is 2. The molecule has 70 valence electrons. The number of carboxylic acids is 1. The van der Waals surface area contributed by atoms with Gasteiger partial charge < -0.3 is 9.84 Å². The topological polar surface area (TPSA) is 63.6 Å². The van der Waals surface area contributed by atoms with Gasteiger partial charge in [-0.25, -0.2) is 0 Å². The van der Waals surface area contributed by atoms with Crippen LogP contribution in [-0.4, -0.2) is 24.2 Å². The Balaban J connectivity index is 3.91. The molecular formula is C8H14O4. The molecule has 4 nitrogen and oxygen atoms in total. The molecule has 0 aliphatic rings. The van der Waals surface area contributed by atoms with E-state index in [4.69, 9.17) is 5.11 Å². The normalized spacial score (nSPS) is 14.9. The molecular weight excluding hydrogens is 160 g/mol. The van der Waals surface area contributed by atoms with E-state index in [1.54, 1.807) is 13.8 Å². The molecule has 0 aromatic carbocycles. The third-order valence-electron chi connectivity index (χ3n) is 1.73. The molecule has 0 aromatic rings. The van der Waals surface area contributed by atoms with Crippen molar-refractivity contribution < 1.29 is 19.4 Å². The zero-order valence-corrected chi connectivity index (χ0v) is 7.53. The number of hydrogen-bond donors (Lipinski definition) is 1. The van der Waals surface area contributed by atoms with Gasteiger partial charge in [0.2, 0.25) is 0 Å². The summed E-state index contributed by atoms with van der Waals surface area (Å²) in [6, 6.07) is 0. The molecule has 0 amide bonds. The van der Waals surface area contributed by atoms with E-state index < -0.39 is 11.9 Å². The lowest BCUT2D eigenvalue weighted by Gasteiger charge is -2.11. The second-order valence-electron chi connectivity index (χ2n) is 2.90. The van der Waals surface area contributed by atoms with Crippen molar-refractivity contribution in [1.29, 1.82) is 0 Å². The van der Waals surface area contributed by atoms with Gasteiger partial charge in [-0.1, -0.05) is 13.8 Å². The zero-order chi connectivity index (χ0) is 9.72. The van der Waals surface area contributed by atoms with E-state index in [1.807, 2.05) is 0 Å². The summed E-state index contributed by atoms with van der Waals surface area (Å²) >= 11 is 0. The summed E-state index contributed by atoms with van der Waals surface area (Å²) in [5.41, 5.74) is 0. The molecule has 12 heavy (non-hydrogen) atoms. The molecule has 0 saturated carbocycles. The molecule has 0 aliphatic carbocycles. The summed E-state index contributed by atoms with van der Waals surface area (Å²) in [7, 11) is 1.30. The number of rotatable bonds is 4. The van der Waals surface area contributed by atoms with E-state index in [2.05, 4.69) is 4.74 Å². The average molecular weight is 174 g/mol. The fourth-order valence-electron chi connectivity index (χ4n) is 0.929. The van der Waals surface area contributed by atoms with Crippen molar-refractivity contribution in [2.24, 2.45) is 11.8 Å². The number of esters is 1. The lowest BCUT2D eigenvalue weighted by atomic mass is 9.98. The van der Waals surface area contributed by atoms with Gasteiger partial charge in [0, 0.05) is 0 Å². The molecule has 2 atom stereocenters. The summed E-state index contributed by atoms with van der Waals surface area (Å²) in [4.78, 5) is 21.2. The minimum absolute atomic E-state index is 0.321. The third-order valence-corrected chi connectivity index (χ3v) is 1.73. The first-order valence-corrected chi connectivity index (χ1v) is 3.79. The lowest BCUT2D eigenvalue weighted by molar-refractivity contribution is -0.147.